The summed E-state index contributed by atoms with van der Waals surface area (Å²) < 4.78 is 5.27. The van der Waals surface area contributed by atoms with Gasteiger partial charge < -0.3 is 15.2 Å². The molecule has 0 unspecified atom stereocenters. The molecule has 0 spiro atoms. The monoisotopic (exact) mass is 389 g/mol. The summed E-state index contributed by atoms with van der Waals surface area (Å²) in [5.74, 6) is -2.05. The molecule has 0 aliphatic heterocycles. The molecule has 0 aliphatic rings. The molecule has 7 heteroatoms. The zero-order chi connectivity index (χ0) is 20.2. The van der Waals surface area contributed by atoms with E-state index in [1.165, 1.54) is 24.3 Å². The Kier molecular flexibility index (Phi) is 6.23. The van der Waals surface area contributed by atoms with Crippen molar-refractivity contribution in [1.82, 2.24) is 0 Å². The second kappa shape index (κ2) is 8.22. The first-order valence-electron chi connectivity index (χ1n) is 8.21. The third kappa shape index (κ3) is 5.82. The van der Waals surface area contributed by atoms with Crippen LogP contribution >= 0.6 is 11.6 Å². The number of benzene rings is 2. The number of carbonyl (C=O) groups is 3. The van der Waals surface area contributed by atoms with Crippen molar-refractivity contribution in [3.05, 3.63) is 64.2 Å². The summed E-state index contributed by atoms with van der Waals surface area (Å²) in [5, 5.41) is 12.0. The number of hydrogen-bond donors (Lipinski definition) is 2. The maximum absolute atomic E-state index is 12.2. The number of carboxylic acid groups (broad SMARTS) is 1. The van der Waals surface area contributed by atoms with E-state index in [-0.39, 0.29) is 22.6 Å². The fraction of sp³-hybridized carbons (Fsp3) is 0.250. The average molecular weight is 390 g/mol. The van der Waals surface area contributed by atoms with Crippen molar-refractivity contribution in [3.63, 3.8) is 0 Å². The van der Waals surface area contributed by atoms with Crippen molar-refractivity contribution in [1.29, 1.82) is 0 Å². The predicted molar refractivity (Wildman–Crippen MR) is 102 cm³/mol. The van der Waals surface area contributed by atoms with Gasteiger partial charge >= 0.3 is 11.9 Å². The average Bonchev–Trinajstić information content (AvgIpc) is 2.53. The molecule has 27 heavy (non-hydrogen) atoms. The molecular weight excluding hydrogens is 370 g/mol. The lowest BCUT2D eigenvalue weighted by atomic mass is 10.0. The standard InChI is InChI=1S/C20H20ClNO5/c1-20(2,3)27-19(26)15-9-8-13(11-16(15)21)22-17(23)10-12-6-4-5-7-14(12)18(24)25/h4-9,11H,10H2,1-3H3,(H,22,23)(H,24,25). The Morgan fingerprint density at radius 3 is 2.33 bits per heavy atom. The molecule has 1 amide bonds. The first kappa shape index (κ1) is 20.5. The Morgan fingerprint density at radius 2 is 1.74 bits per heavy atom. The first-order valence-corrected chi connectivity index (χ1v) is 8.58. The molecule has 0 heterocycles. The van der Waals surface area contributed by atoms with Crippen LogP contribution in [0.15, 0.2) is 42.5 Å². The van der Waals surface area contributed by atoms with Crippen LogP contribution in [0.2, 0.25) is 5.02 Å². The van der Waals surface area contributed by atoms with Gasteiger partial charge in [0.2, 0.25) is 5.91 Å². The van der Waals surface area contributed by atoms with Crippen molar-refractivity contribution < 1.29 is 24.2 Å². The Morgan fingerprint density at radius 1 is 1.07 bits per heavy atom. The Hall–Kier alpha value is -2.86. The minimum Gasteiger partial charge on any atom is -0.478 e. The highest BCUT2D eigenvalue weighted by molar-refractivity contribution is 6.34. The summed E-state index contributed by atoms with van der Waals surface area (Å²) >= 11 is 6.13. The van der Waals surface area contributed by atoms with Crippen LogP contribution in [0, 0.1) is 0 Å². The summed E-state index contributed by atoms with van der Waals surface area (Å²) in [6.07, 6.45) is -0.103. The molecule has 2 aromatic rings. The summed E-state index contributed by atoms with van der Waals surface area (Å²) in [6.45, 7) is 5.26. The van der Waals surface area contributed by atoms with Crippen LogP contribution in [0.5, 0.6) is 0 Å². The van der Waals surface area contributed by atoms with Gasteiger partial charge in [0.15, 0.2) is 0 Å². The summed E-state index contributed by atoms with van der Waals surface area (Å²) in [5.41, 5.74) is 0.418. The highest BCUT2D eigenvalue weighted by atomic mass is 35.5. The van der Waals surface area contributed by atoms with Gasteiger partial charge in [-0.15, -0.1) is 0 Å². The van der Waals surface area contributed by atoms with E-state index >= 15 is 0 Å². The van der Waals surface area contributed by atoms with Crippen LogP contribution in [0.25, 0.3) is 0 Å². The molecule has 142 valence electrons. The van der Waals surface area contributed by atoms with E-state index in [4.69, 9.17) is 16.3 Å². The van der Waals surface area contributed by atoms with E-state index in [9.17, 15) is 19.5 Å². The normalized spacial score (nSPS) is 11.0. The van der Waals surface area contributed by atoms with E-state index in [0.717, 1.165) is 0 Å². The van der Waals surface area contributed by atoms with Crippen LogP contribution in [0.1, 0.15) is 47.1 Å². The molecule has 0 atom stereocenters. The number of aromatic carboxylic acids is 1. The van der Waals surface area contributed by atoms with Gasteiger partial charge in [-0.2, -0.15) is 0 Å². The lowest BCUT2D eigenvalue weighted by Gasteiger charge is -2.20. The SMILES string of the molecule is CC(C)(C)OC(=O)c1ccc(NC(=O)Cc2ccccc2C(=O)O)cc1Cl. The van der Waals surface area contributed by atoms with Crippen molar-refractivity contribution in [2.75, 3.05) is 5.32 Å². The van der Waals surface area contributed by atoms with E-state index in [2.05, 4.69) is 5.32 Å². The smallest absolute Gasteiger partial charge is 0.340 e. The van der Waals surface area contributed by atoms with Crippen LogP contribution in [0.4, 0.5) is 5.69 Å². The number of esters is 1. The number of carbonyl (C=O) groups excluding carboxylic acids is 2. The van der Waals surface area contributed by atoms with Crippen molar-refractivity contribution >= 4 is 35.1 Å². The fourth-order valence-corrected chi connectivity index (χ4v) is 2.61. The second-order valence-electron chi connectivity index (χ2n) is 6.88. The van der Waals surface area contributed by atoms with Gasteiger partial charge in [0.05, 0.1) is 22.6 Å². The van der Waals surface area contributed by atoms with Gasteiger partial charge in [-0.05, 0) is 50.6 Å². The molecule has 0 radical (unpaired) electrons. The number of carboxylic acids is 1. The maximum Gasteiger partial charge on any atom is 0.340 e. The summed E-state index contributed by atoms with van der Waals surface area (Å²) in [6, 6.07) is 10.7. The van der Waals surface area contributed by atoms with Crippen LogP contribution < -0.4 is 5.32 Å². The molecule has 6 nitrogen and oxygen atoms in total. The minimum absolute atomic E-state index is 0.0750. The third-order valence-corrected chi connectivity index (χ3v) is 3.78. The van der Waals surface area contributed by atoms with Gasteiger partial charge in [0.25, 0.3) is 0 Å². The van der Waals surface area contributed by atoms with Crippen molar-refractivity contribution in [2.24, 2.45) is 0 Å². The van der Waals surface area contributed by atoms with Crippen molar-refractivity contribution in [2.45, 2.75) is 32.8 Å². The number of halogens is 1. The molecule has 0 fully saturated rings. The van der Waals surface area contributed by atoms with E-state index < -0.39 is 23.4 Å². The van der Waals surface area contributed by atoms with E-state index in [1.807, 2.05) is 0 Å². The van der Waals surface area contributed by atoms with Crippen LogP contribution in [-0.2, 0) is 16.0 Å². The third-order valence-electron chi connectivity index (χ3n) is 3.47. The van der Waals surface area contributed by atoms with E-state index in [1.54, 1.807) is 39.0 Å². The Balaban J connectivity index is 2.10. The number of rotatable bonds is 5. The predicted octanol–water partition coefficient (Wildman–Crippen LogP) is 4.17. The molecule has 0 saturated carbocycles. The van der Waals surface area contributed by atoms with Gasteiger partial charge in [-0.25, -0.2) is 9.59 Å². The zero-order valence-electron chi connectivity index (χ0n) is 15.2. The lowest BCUT2D eigenvalue weighted by molar-refractivity contribution is -0.115. The van der Waals surface area contributed by atoms with Crippen LogP contribution in [0.3, 0.4) is 0 Å². The topological polar surface area (TPSA) is 92.7 Å². The number of nitrogens with one attached hydrogen (secondary N) is 1. The highest BCUT2D eigenvalue weighted by Gasteiger charge is 2.20. The fourth-order valence-electron chi connectivity index (χ4n) is 2.35. The Bertz CT molecular complexity index is 886. The summed E-state index contributed by atoms with van der Waals surface area (Å²) in [4.78, 5) is 35.6. The first-order chi connectivity index (χ1) is 12.6. The highest BCUT2D eigenvalue weighted by Crippen LogP contribution is 2.24. The molecule has 2 N–H and O–H groups in total. The molecule has 0 saturated heterocycles. The van der Waals surface area contributed by atoms with Gasteiger partial charge in [0, 0.05) is 5.69 Å². The molecule has 0 aliphatic carbocycles. The summed E-state index contributed by atoms with van der Waals surface area (Å²) in [7, 11) is 0. The lowest BCUT2D eigenvalue weighted by Crippen LogP contribution is -2.24. The number of hydrogen-bond acceptors (Lipinski definition) is 4. The second-order valence-corrected chi connectivity index (χ2v) is 7.29. The molecule has 0 aromatic heterocycles. The molecular formula is C20H20ClNO5. The zero-order valence-corrected chi connectivity index (χ0v) is 16.0. The van der Waals surface area contributed by atoms with Crippen molar-refractivity contribution in [3.8, 4) is 0 Å². The molecule has 2 aromatic carbocycles. The molecule has 2 rings (SSSR count). The maximum atomic E-state index is 12.2. The largest absolute Gasteiger partial charge is 0.478 e. The number of ether oxygens (including phenoxy) is 1. The van der Waals surface area contributed by atoms with Gasteiger partial charge in [-0.3, -0.25) is 4.79 Å². The number of amides is 1. The molecule has 0 bridgehead atoms. The quantitative estimate of drug-likeness (QED) is 0.748. The Labute approximate surface area is 162 Å². The van der Waals surface area contributed by atoms with Crippen LogP contribution in [-0.4, -0.2) is 28.6 Å². The minimum atomic E-state index is -1.09. The van der Waals surface area contributed by atoms with E-state index in [0.29, 0.717) is 11.3 Å². The van der Waals surface area contributed by atoms with Gasteiger partial charge in [0.1, 0.15) is 5.60 Å². The number of anilines is 1. The van der Waals surface area contributed by atoms with Gasteiger partial charge in [-0.1, -0.05) is 29.8 Å².